The molecule has 2 unspecified atom stereocenters. The summed E-state index contributed by atoms with van der Waals surface area (Å²) in [5.41, 5.74) is -0.0713. The highest BCUT2D eigenvalue weighted by atomic mass is 16.5. The molecule has 0 aromatic heterocycles. The Labute approximate surface area is 104 Å². The lowest BCUT2D eigenvalue weighted by atomic mass is 9.82. The first-order valence-corrected chi connectivity index (χ1v) is 6.58. The van der Waals surface area contributed by atoms with Crippen LogP contribution in [0.4, 0.5) is 0 Å². The van der Waals surface area contributed by atoms with E-state index in [1.807, 2.05) is 13.8 Å². The van der Waals surface area contributed by atoms with Gasteiger partial charge in [0, 0.05) is 18.6 Å². The van der Waals surface area contributed by atoms with Crippen molar-refractivity contribution in [1.82, 2.24) is 4.90 Å². The molecule has 0 radical (unpaired) electrons. The fraction of sp³-hybridized carbons (Fsp3) is 0.923. The van der Waals surface area contributed by atoms with E-state index < -0.39 is 0 Å². The molecular weight excluding hydrogens is 218 g/mol. The number of esters is 1. The average molecular weight is 243 g/mol. The highest BCUT2D eigenvalue weighted by Gasteiger charge is 2.35. The number of hydrogen-bond acceptors (Lipinski definition) is 4. The van der Waals surface area contributed by atoms with Gasteiger partial charge in [0.05, 0.1) is 6.61 Å². The number of rotatable bonds is 5. The van der Waals surface area contributed by atoms with Gasteiger partial charge in [0.1, 0.15) is 6.04 Å². The minimum atomic E-state index is -0.152. The molecule has 2 atom stereocenters. The van der Waals surface area contributed by atoms with Gasteiger partial charge < -0.3 is 9.84 Å². The molecule has 0 aromatic carbocycles. The fourth-order valence-corrected chi connectivity index (χ4v) is 2.56. The van der Waals surface area contributed by atoms with Gasteiger partial charge >= 0.3 is 5.97 Å². The Morgan fingerprint density at radius 1 is 1.53 bits per heavy atom. The number of carbonyl (C=O) groups excluding carboxylic acids is 1. The van der Waals surface area contributed by atoms with Gasteiger partial charge in [0.15, 0.2) is 0 Å². The van der Waals surface area contributed by atoms with Crippen molar-refractivity contribution in [3.05, 3.63) is 0 Å². The van der Waals surface area contributed by atoms with Crippen LogP contribution in [0.3, 0.4) is 0 Å². The van der Waals surface area contributed by atoms with Crippen molar-refractivity contribution in [3.8, 4) is 0 Å². The molecular formula is C13H25NO3. The van der Waals surface area contributed by atoms with Gasteiger partial charge in [-0.3, -0.25) is 9.69 Å². The molecule has 4 nitrogen and oxygen atoms in total. The molecule has 1 aliphatic heterocycles. The van der Waals surface area contributed by atoms with E-state index in [1.54, 1.807) is 0 Å². The van der Waals surface area contributed by atoms with Crippen LogP contribution in [0.1, 0.15) is 40.0 Å². The highest BCUT2D eigenvalue weighted by molar-refractivity contribution is 5.75. The Balaban J connectivity index is 2.65. The summed E-state index contributed by atoms with van der Waals surface area (Å²) >= 11 is 0. The number of carbonyl (C=O) groups is 1. The number of likely N-dealkylation sites (tertiary alicyclic amines) is 1. The zero-order valence-corrected chi connectivity index (χ0v) is 11.2. The summed E-state index contributed by atoms with van der Waals surface area (Å²) in [5, 5.41) is 9.42. The summed E-state index contributed by atoms with van der Waals surface area (Å²) in [6.45, 7) is 8.24. The third-order valence-corrected chi connectivity index (χ3v) is 3.58. The predicted molar refractivity (Wildman–Crippen MR) is 66.7 cm³/mol. The lowest BCUT2D eigenvalue weighted by Crippen LogP contribution is -2.51. The van der Waals surface area contributed by atoms with E-state index in [0.29, 0.717) is 6.61 Å². The maximum absolute atomic E-state index is 11.8. The normalized spacial score (nSPS) is 27.8. The summed E-state index contributed by atoms with van der Waals surface area (Å²) in [4.78, 5) is 14.0. The summed E-state index contributed by atoms with van der Waals surface area (Å²) < 4.78 is 5.11. The van der Waals surface area contributed by atoms with E-state index in [4.69, 9.17) is 4.74 Å². The molecule has 0 aliphatic carbocycles. The third kappa shape index (κ3) is 3.68. The van der Waals surface area contributed by atoms with Gasteiger partial charge in [-0.05, 0) is 32.7 Å². The number of piperidine rings is 1. The number of aliphatic hydroxyl groups excluding tert-OH is 1. The van der Waals surface area contributed by atoms with Crippen LogP contribution >= 0.6 is 0 Å². The molecule has 0 aromatic rings. The van der Waals surface area contributed by atoms with E-state index >= 15 is 0 Å². The molecule has 1 saturated heterocycles. The van der Waals surface area contributed by atoms with E-state index in [-0.39, 0.29) is 24.0 Å². The van der Waals surface area contributed by atoms with Crippen LogP contribution < -0.4 is 0 Å². The van der Waals surface area contributed by atoms with Crippen molar-refractivity contribution in [2.24, 2.45) is 5.41 Å². The Kier molecular flexibility index (Phi) is 5.40. The van der Waals surface area contributed by atoms with E-state index in [1.165, 1.54) is 0 Å². The van der Waals surface area contributed by atoms with Crippen molar-refractivity contribution in [2.75, 3.05) is 26.3 Å². The van der Waals surface area contributed by atoms with Crippen LogP contribution in [0.2, 0.25) is 0 Å². The molecule has 1 fully saturated rings. The van der Waals surface area contributed by atoms with Crippen LogP contribution in [-0.2, 0) is 9.53 Å². The number of nitrogens with zero attached hydrogens (tertiary/aromatic N) is 1. The Morgan fingerprint density at radius 2 is 2.24 bits per heavy atom. The smallest absolute Gasteiger partial charge is 0.323 e. The SMILES string of the molecule is CCOC(=O)C(CC)N1CCCC(C)(CO)C1. The Morgan fingerprint density at radius 3 is 2.76 bits per heavy atom. The number of hydrogen-bond donors (Lipinski definition) is 1. The molecule has 1 heterocycles. The van der Waals surface area contributed by atoms with Crippen LogP contribution in [0.15, 0.2) is 0 Å². The monoisotopic (exact) mass is 243 g/mol. The van der Waals surface area contributed by atoms with Gasteiger partial charge in [0.2, 0.25) is 0 Å². The standard InChI is InChI=1S/C13H25NO3/c1-4-11(12(16)17-5-2)14-8-6-7-13(3,9-14)10-15/h11,15H,4-10H2,1-3H3. The second kappa shape index (κ2) is 6.36. The topological polar surface area (TPSA) is 49.8 Å². The number of ether oxygens (including phenoxy) is 1. The van der Waals surface area contributed by atoms with Crippen molar-refractivity contribution >= 4 is 5.97 Å². The molecule has 0 spiro atoms. The average Bonchev–Trinajstić information content (AvgIpc) is 2.30. The van der Waals surface area contributed by atoms with Crippen LogP contribution in [0, 0.1) is 5.41 Å². The van der Waals surface area contributed by atoms with E-state index in [0.717, 1.165) is 32.4 Å². The van der Waals surface area contributed by atoms with Gasteiger partial charge in [-0.15, -0.1) is 0 Å². The van der Waals surface area contributed by atoms with Crippen LogP contribution in [0.5, 0.6) is 0 Å². The Bertz CT molecular complexity index is 257. The summed E-state index contributed by atoms with van der Waals surface area (Å²) in [7, 11) is 0. The molecule has 1 aliphatic rings. The van der Waals surface area contributed by atoms with Crippen LogP contribution in [-0.4, -0.2) is 48.3 Å². The second-order valence-corrected chi connectivity index (χ2v) is 5.22. The minimum Gasteiger partial charge on any atom is -0.465 e. The van der Waals surface area contributed by atoms with Crippen molar-refractivity contribution < 1.29 is 14.6 Å². The second-order valence-electron chi connectivity index (χ2n) is 5.22. The molecule has 17 heavy (non-hydrogen) atoms. The van der Waals surface area contributed by atoms with Gasteiger partial charge in [-0.25, -0.2) is 0 Å². The first-order chi connectivity index (χ1) is 8.06. The predicted octanol–water partition coefficient (Wildman–Crippen LogP) is 1.42. The van der Waals surface area contributed by atoms with Crippen molar-refractivity contribution in [2.45, 2.75) is 46.1 Å². The highest BCUT2D eigenvalue weighted by Crippen LogP contribution is 2.30. The lowest BCUT2D eigenvalue weighted by Gasteiger charge is -2.42. The molecule has 0 bridgehead atoms. The first kappa shape index (κ1) is 14.5. The molecule has 4 heteroatoms. The fourth-order valence-electron chi connectivity index (χ4n) is 2.56. The minimum absolute atomic E-state index is 0.0713. The van der Waals surface area contributed by atoms with Crippen molar-refractivity contribution in [1.29, 1.82) is 0 Å². The largest absolute Gasteiger partial charge is 0.465 e. The summed E-state index contributed by atoms with van der Waals surface area (Å²) in [5.74, 6) is -0.128. The van der Waals surface area contributed by atoms with Crippen LogP contribution in [0.25, 0.3) is 0 Å². The van der Waals surface area contributed by atoms with Gasteiger partial charge in [-0.2, -0.15) is 0 Å². The van der Waals surface area contributed by atoms with Gasteiger partial charge in [-0.1, -0.05) is 13.8 Å². The molecule has 1 N–H and O–H groups in total. The maximum atomic E-state index is 11.8. The zero-order chi connectivity index (χ0) is 12.9. The van der Waals surface area contributed by atoms with E-state index in [9.17, 15) is 9.90 Å². The van der Waals surface area contributed by atoms with E-state index in [2.05, 4.69) is 11.8 Å². The quantitative estimate of drug-likeness (QED) is 0.742. The molecule has 1 rings (SSSR count). The molecule has 100 valence electrons. The summed E-state index contributed by atoms with van der Waals surface area (Å²) in [6, 6.07) is -0.152. The molecule has 0 saturated carbocycles. The zero-order valence-electron chi connectivity index (χ0n) is 11.2. The van der Waals surface area contributed by atoms with Crippen molar-refractivity contribution in [3.63, 3.8) is 0 Å². The lowest BCUT2D eigenvalue weighted by molar-refractivity contribution is -0.151. The summed E-state index contributed by atoms with van der Waals surface area (Å²) in [6.07, 6.45) is 2.83. The Hall–Kier alpha value is -0.610. The number of aliphatic hydroxyl groups is 1. The third-order valence-electron chi connectivity index (χ3n) is 3.58. The first-order valence-electron chi connectivity index (χ1n) is 6.58. The maximum Gasteiger partial charge on any atom is 0.323 e. The molecule has 0 amide bonds. The van der Waals surface area contributed by atoms with Gasteiger partial charge in [0.25, 0.3) is 0 Å².